The monoisotopic (exact) mass is 192 g/mol. The zero-order valence-corrected chi connectivity index (χ0v) is 7.34. The van der Waals surface area contributed by atoms with Gasteiger partial charge in [-0.05, 0) is 12.1 Å². The minimum Gasteiger partial charge on any atom is -0.447 e. The van der Waals surface area contributed by atoms with Crippen LogP contribution in [0, 0.1) is 0 Å². The average molecular weight is 192 g/mol. The van der Waals surface area contributed by atoms with Crippen LogP contribution in [0.15, 0.2) is 18.3 Å². The fourth-order valence-corrected chi connectivity index (χ4v) is 1.23. The van der Waals surface area contributed by atoms with Gasteiger partial charge in [0, 0.05) is 11.8 Å². The molecule has 5 nitrogen and oxygen atoms in total. The van der Waals surface area contributed by atoms with Gasteiger partial charge in [0.25, 0.3) is 0 Å². The highest BCUT2D eigenvalue weighted by Gasteiger charge is 2.24. The molecule has 0 spiro atoms. The van der Waals surface area contributed by atoms with Crippen LogP contribution in [-0.4, -0.2) is 30.5 Å². The number of cyclic esters (lactones) is 1. The van der Waals surface area contributed by atoms with E-state index in [-0.39, 0.29) is 0 Å². The first-order valence-corrected chi connectivity index (χ1v) is 4.17. The topological polar surface area (TPSA) is 59.5 Å². The minimum absolute atomic E-state index is 0.385. The Morgan fingerprint density at radius 1 is 1.50 bits per heavy atom. The molecule has 0 bridgehead atoms. The molecule has 2 heterocycles. The molecule has 5 heteroatoms. The first kappa shape index (κ1) is 8.68. The summed E-state index contributed by atoms with van der Waals surface area (Å²) in [5.74, 6) is 0.512. The van der Waals surface area contributed by atoms with E-state index in [2.05, 4.69) is 4.98 Å². The van der Waals surface area contributed by atoms with Crippen LogP contribution in [0.3, 0.4) is 0 Å². The van der Waals surface area contributed by atoms with Crippen molar-refractivity contribution in [1.82, 2.24) is 4.98 Å². The number of rotatable bonds is 2. The predicted octanol–water partition coefficient (Wildman–Crippen LogP) is 0.851. The Labute approximate surface area is 80.3 Å². The van der Waals surface area contributed by atoms with Crippen LogP contribution < -0.4 is 4.90 Å². The van der Waals surface area contributed by atoms with Gasteiger partial charge in [-0.25, -0.2) is 9.78 Å². The molecule has 0 atom stereocenters. The van der Waals surface area contributed by atoms with Crippen molar-refractivity contribution in [3.8, 4) is 0 Å². The summed E-state index contributed by atoms with van der Waals surface area (Å²) in [5.41, 5.74) is 0.487. The molecule has 1 saturated heterocycles. The predicted molar refractivity (Wildman–Crippen MR) is 48.3 cm³/mol. The standard InChI is InChI=1S/C9H8N2O3/c12-6-7-1-2-8(10-5-7)11-3-4-14-9(11)13/h1-2,5-6H,3-4H2. The lowest BCUT2D eigenvalue weighted by molar-refractivity contribution is 0.112. The van der Waals surface area contributed by atoms with Crippen LogP contribution in [0.1, 0.15) is 10.4 Å². The van der Waals surface area contributed by atoms with Crippen LogP contribution >= 0.6 is 0 Å². The van der Waals surface area contributed by atoms with Crippen LogP contribution in [0.2, 0.25) is 0 Å². The van der Waals surface area contributed by atoms with Gasteiger partial charge >= 0.3 is 6.09 Å². The summed E-state index contributed by atoms with van der Waals surface area (Å²) >= 11 is 0. The Balaban J connectivity index is 2.24. The lowest BCUT2D eigenvalue weighted by atomic mass is 10.3. The molecule has 0 radical (unpaired) electrons. The molecule has 1 aliphatic rings. The SMILES string of the molecule is O=Cc1ccc(N2CCOC2=O)nc1. The second-order valence-corrected chi connectivity index (χ2v) is 2.83. The second-order valence-electron chi connectivity index (χ2n) is 2.83. The molecule has 0 N–H and O–H groups in total. The highest BCUT2D eigenvalue weighted by Crippen LogP contribution is 2.15. The highest BCUT2D eigenvalue weighted by molar-refractivity contribution is 5.88. The first-order chi connectivity index (χ1) is 6.81. The van der Waals surface area contributed by atoms with Gasteiger partial charge in [0.05, 0.1) is 6.54 Å². The highest BCUT2D eigenvalue weighted by atomic mass is 16.6. The maximum absolute atomic E-state index is 11.1. The van der Waals surface area contributed by atoms with Crippen LogP contribution in [-0.2, 0) is 4.74 Å². The molecule has 0 unspecified atom stereocenters. The number of carbonyl (C=O) groups is 2. The van der Waals surface area contributed by atoms with E-state index in [0.29, 0.717) is 30.8 Å². The summed E-state index contributed by atoms with van der Waals surface area (Å²) in [6.07, 6.45) is 1.74. The van der Waals surface area contributed by atoms with E-state index in [1.165, 1.54) is 11.1 Å². The van der Waals surface area contributed by atoms with Crippen LogP contribution in [0.25, 0.3) is 0 Å². The summed E-state index contributed by atoms with van der Waals surface area (Å²) in [5, 5.41) is 0. The van der Waals surface area contributed by atoms with E-state index in [4.69, 9.17) is 4.74 Å². The van der Waals surface area contributed by atoms with Crippen LogP contribution in [0.5, 0.6) is 0 Å². The zero-order valence-electron chi connectivity index (χ0n) is 7.34. The minimum atomic E-state index is -0.392. The largest absolute Gasteiger partial charge is 0.447 e. The number of aldehydes is 1. The van der Waals surface area contributed by atoms with Crippen molar-refractivity contribution < 1.29 is 14.3 Å². The van der Waals surface area contributed by atoms with Gasteiger partial charge in [-0.1, -0.05) is 0 Å². The van der Waals surface area contributed by atoms with E-state index in [1.807, 2.05) is 0 Å². The van der Waals surface area contributed by atoms with Crippen LogP contribution in [0.4, 0.5) is 10.6 Å². The Bertz CT molecular complexity index is 361. The Hall–Kier alpha value is -1.91. The summed E-state index contributed by atoms with van der Waals surface area (Å²) in [7, 11) is 0. The lowest BCUT2D eigenvalue weighted by Gasteiger charge is -2.10. The Morgan fingerprint density at radius 3 is 2.86 bits per heavy atom. The molecule has 0 aliphatic carbocycles. The van der Waals surface area contributed by atoms with Crippen molar-refractivity contribution in [2.45, 2.75) is 0 Å². The van der Waals surface area contributed by atoms with Gasteiger partial charge in [0.1, 0.15) is 12.4 Å². The zero-order chi connectivity index (χ0) is 9.97. The van der Waals surface area contributed by atoms with Gasteiger partial charge in [-0.15, -0.1) is 0 Å². The van der Waals surface area contributed by atoms with E-state index in [9.17, 15) is 9.59 Å². The Morgan fingerprint density at radius 2 is 2.36 bits per heavy atom. The molecule has 72 valence electrons. The number of aromatic nitrogens is 1. The molecule has 0 aromatic carbocycles. The van der Waals surface area contributed by atoms with E-state index < -0.39 is 6.09 Å². The van der Waals surface area contributed by atoms with E-state index >= 15 is 0 Å². The number of amides is 1. The fourth-order valence-electron chi connectivity index (χ4n) is 1.23. The average Bonchev–Trinajstić information content (AvgIpc) is 2.65. The van der Waals surface area contributed by atoms with Crippen molar-refractivity contribution >= 4 is 18.2 Å². The van der Waals surface area contributed by atoms with Crippen molar-refractivity contribution in [2.24, 2.45) is 0 Å². The van der Waals surface area contributed by atoms with Crippen molar-refractivity contribution in [3.63, 3.8) is 0 Å². The number of anilines is 1. The van der Waals surface area contributed by atoms with E-state index in [1.54, 1.807) is 12.1 Å². The molecule has 1 aliphatic heterocycles. The summed E-state index contributed by atoms with van der Waals surface area (Å²) < 4.78 is 4.75. The third-order valence-electron chi connectivity index (χ3n) is 1.94. The van der Waals surface area contributed by atoms with E-state index in [0.717, 1.165) is 0 Å². The number of nitrogens with zero attached hydrogens (tertiary/aromatic N) is 2. The van der Waals surface area contributed by atoms with Gasteiger partial charge in [0.2, 0.25) is 0 Å². The summed E-state index contributed by atoms with van der Waals surface area (Å²) in [6, 6.07) is 3.23. The fraction of sp³-hybridized carbons (Fsp3) is 0.222. The third kappa shape index (κ3) is 1.44. The third-order valence-corrected chi connectivity index (χ3v) is 1.94. The van der Waals surface area contributed by atoms with Gasteiger partial charge in [0.15, 0.2) is 6.29 Å². The maximum Gasteiger partial charge on any atom is 0.415 e. The van der Waals surface area contributed by atoms with Crippen molar-refractivity contribution in [2.75, 3.05) is 18.1 Å². The van der Waals surface area contributed by atoms with Crippen molar-refractivity contribution in [1.29, 1.82) is 0 Å². The number of hydrogen-bond acceptors (Lipinski definition) is 4. The maximum atomic E-state index is 11.1. The molecule has 1 aromatic heterocycles. The second kappa shape index (κ2) is 3.45. The molecule has 1 amide bonds. The molecule has 1 fully saturated rings. The van der Waals surface area contributed by atoms with Gasteiger partial charge < -0.3 is 4.74 Å². The lowest BCUT2D eigenvalue weighted by Crippen LogP contribution is -2.24. The van der Waals surface area contributed by atoms with Gasteiger partial charge in [-0.3, -0.25) is 9.69 Å². The smallest absolute Gasteiger partial charge is 0.415 e. The number of hydrogen-bond donors (Lipinski definition) is 0. The molecular formula is C9H8N2O3. The quantitative estimate of drug-likeness (QED) is 0.652. The summed E-state index contributed by atoms with van der Waals surface area (Å²) in [4.78, 5) is 26.9. The Kier molecular flexibility index (Phi) is 2.14. The van der Waals surface area contributed by atoms with Crippen molar-refractivity contribution in [3.05, 3.63) is 23.9 Å². The molecule has 1 aromatic rings. The molecule has 14 heavy (non-hydrogen) atoms. The number of ether oxygens (including phenoxy) is 1. The molecule has 0 saturated carbocycles. The number of pyridine rings is 1. The number of carbonyl (C=O) groups excluding carboxylic acids is 2. The first-order valence-electron chi connectivity index (χ1n) is 4.17. The summed E-state index contributed by atoms with van der Waals surface area (Å²) in [6.45, 7) is 0.891. The van der Waals surface area contributed by atoms with Gasteiger partial charge in [-0.2, -0.15) is 0 Å². The molecule has 2 rings (SSSR count). The normalized spacial score (nSPS) is 15.4. The molecular weight excluding hydrogens is 184 g/mol.